The number of carbonyl (C=O) groups excluding carboxylic acids is 1. The normalized spacial score (nSPS) is 8.62. The van der Waals surface area contributed by atoms with Crippen LogP contribution in [0.4, 0.5) is 0 Å². The number of carbonyl (C=O) groups is 1. The van der Waals surface area contributed by atoms with Gasteiger partial charge in [0.05, 0.1) is 6.61 Å². The van der Waals surface area contributed by atoms with Crippen LogP contribution >= 0.6 is 0 Å². The third-order valence-corrected chi connectivity index (χ3v) is 1.97. The second-order valence-corrected chi connectivity index (χ2v) is 2.66. The van der Waals surface area contributed by atoms with E-state index in [1.54, 1.807) is 0 Å². The van der Waals surface area contributed by atoms with Gasteiger partial charge in [0.15, 0.2) is 0 Å². The number of ether oxygens (including phenoxy) is 1. The van der Waals surface area contributed by atoms with E-state index in [9.17, 15) is 4.79 Å². The Kier molecular flexibility index (Phi) is 8.81. The Labute approximate surface area is 80.7 Å². The maximum Gasteiger partial charge on any atom is 0.333 e. The molecule has 0 saturated carbocycles. The second kappa shape index (κ2) is 7.80. The first kappa shape index (κ1) is 14.7. The van der Waals surface area contributed by atoms with Crippen molar-refractivity contribution in [3.8, 4) is 0 Å². The summed E-state index contributed by atoms with van der Waals surface area (Å²) in [4.78, 5) is 11.2. The fourth-order valence-electron chi connectivity index (χ4n) is 1.16. The Morgan fingerprint density at radius 1 is 1.15 bits per heavy atom. The maximum atomic E-state index is 11.2. The van der Waals surface area contributed by atoms with Gasteiger partial charge in [-0.1, -0.05) is 19.4 Å². The average molecular weight is 187 g/mol. The highest BCUT2D eigenvalue weighted by molar-refractivity contribution is 5.88. The summed E-state index contributed by atoms with van der Waals surface area (Å²) in [5.74, 6) is -0.170. The van der Waals surface area contributed by atoms with Gasteiger partial charge < -0.3 is 10.9 Å². The predicted molar refractivity (Wildman–Crippen MR) is 54.9 cm³/mol. The van der Waals surface area contributed by atoms with E-state index in [0.717, 1.165) is 18.4 Å². The van der Waals surface area contributed by atoms with Gasteiger partial charge in [-0.2, -0.15) is 0 Å². The average Bonchev–Trinajstić information content (AvgIpc) is 2.07. The Morgan fingerprint density at radius 2 is 1.62 bits per heavy atom. The van der Waals surface area contributed by atoms with Gasteiger partial charge in [0, 0.05) is 5.57 Å². The summed E-state index contributed by atoms with van der Waals surface area (Å²) in [6.45, 7) is 8.23. The molecule has 78 valence electrons. The minimum atomic E-state index is -0.170. The monoisotopic (exact) mass is 187 g/mol. The molecule has 0 aromatic heterocycles. The number of hydrogen-bond donors (Lipinski definition) is 1. The van der Waals surface area contributed by atoms with Gasteiger partial charge in [0.25, 0.3) is 0 Å². The summed E-state index contributed by atoms with van der Waals surface area (Å²) in [7, 11) is 0. The first-order valence-corrected chi connectivity index (χ1v) is 4.53. The lowest BCUT2D eigenvalue weighted by Gasteiger charge is -2.06. The molecule has 0 radical (unpaired) electrons. The van der Waals surface area contributed by atoms with Crippen LogP contribution in [-0.4, -0.2) is 12.6 Å². The van der Waals surface area contributed by atoms with Gasteiger partial charge in [0.1, 0.15) is 0 Å². The first-order valence-electron chi connectivity index (χ1n) is 4.53. The molecular weight excluding hydrogens is 166 g/mol. The van der Waals surface area contributed by atoms with Crippen molar-refractivity contribution >= 4 is 5.97 Å². The molecule has 0 fully saturated rings. The van der Waals surface area contributed by atoms with E-state index < -0.39 is 0 Å². The van der Waals surface area contributed by atoms with Gasteiger partial charge in [-0.25, -0.2) is 4.79 Å². The molecule has 0 aliphatic carbocycles. The zero-order valence-corrected chi connectivity index (χ0v) is 9.14. The smallest absolute Gasteiger partial charge is 0.333 e. The molecule has 3 heteroatoms. The van der Waals surface area contributed by atoms with Crippen molar-refractivity contribution in [2.45, 2.75) is 40.5 Å². The number of hydrogen-bond acceptors (Lipinski definition) is 3. The lowest BCUT2D eigenvalue weighted by Crippen LogP contribution is -2.07. The molecular formula is C10H21NO2. The van der Waals surface area contributed by atoms with E-state index in [1.165, 1.54) is 5.57 Å². The second-order valence-electron chi connectivity index (χ2n) is 2.66. The van der Waals surface area contributed by atoms with E-state index in [0.29, 0.717) is 6.61 Å². The molecule has 0 saturated heterocycles. The molecule has 0 aromatic carbocycles. The number of allylic oxidation sites excluding steroid dienone is 1. The molecule has 0 heterocycles. The van der Waals surface area contributed by atoms with Gasteiger partial charge in [0.2, 0.25) is 0 Å². The van der Waals surface area contributed by atoms with Crippen LogP contribution in [0.15, 0.2) is 11.1 Å². The standard InChI is InChI=1S/C10H18O2.H3N/c1-5-9(6-2)8(4)10(11)12-7-3;/h5-7H2,1-4H3;1H3. The van der Waals surface area contributed by atoms with Crippen LogP contribution in [-0.2, 0) is 9.53 Å². The molecule has 0 bridgehead atoms. The van der Waals surface area contributed by atoms with Crippen molar-refractivity contribution < 1.29 is 9.53 Å². The highest BCUT2D eigenvalue weighted by Gasteiger charge is 2.08. The Hall–Kier alpha value is -0.830. The summed E-state index contributed by atoms with van der Waals surface area (Å²) < 4.78 is 4.89. The molecule has 3 nitrogen and oxygen atoms in total. The maximum absolute atomic E-state index is 11.2. The Morgan fingerprint density at radius 3 is 1.92 bits per heavy atom. The van der Waals surface area contributed by atoms with Crippen molar-refractivity contribution in [3.05, 3.63) is 11.1 Å². The van der Waals surface area contributed by atoms with E-state index in [4.69, 9.17) is 4.74 Å². The number of rotatable bonds is 4. The molecule has 0 atom stereocenters. The topological polar surface area (TPSA) is 61.3 Å². The zero-order valence-electron chi connectivity index (χ0n) is 9.14. The van der Waals surface area contributed by atoms with Gasteiger partial charge >= 0.3 is 5.97 Å². The van der Waals surface area contributed by atoms with E-state index in [-0.39, 0.29) is 12.1 Å². The van der Waals surface area contributed by atoms with Crippen molar-refractivity contribution in [1.29, 1.82) is 0 Å². The predicted octanol–water partition coefficient (Wildman–Crippen LogP) is 2.85. The van der Waals surface area contributed by atoms with Crippen LogP contribution in [0.5, 0.6) is 0 Å². The van der Waals surface area contributed by atoms with Crippen molar-refractivity contribution in [2.24, 2.45) is 0 Å². The zero-order chi connectivity index (χ0) is 9.56. The minimum Gasteiger partial charge on any atom is -0.463 e. The highest BCUT2D eigenvalue weighted by Crippen LogP contribution is 2.13. The van der Waals surface area contributed by atoms with Crippen LogP contribution < -0.4 is 6.15 Å². The van der Waals surface area contributed by atoms with Crippen molar-refractivity contribution in [2.75, 3.05) is 6.61 Å². The quantitative estimate of drug-likeness (QED) is 0.543. The molecule has 0 spiro atoms. The third-order valence-electron chi connectivity index (χ3n) is 1.97. The Bertz CT molecular complexity index is 179. The van der Waals surface area contributed by atoms with Gasteiger partial charge in [-0.05, 0) is 26.7 Å². The fourth-order valence-corrected chi connectivity index (χ4v) is 1.16. The summed E-state index contributed by atoms with van der Waals surface area (Å²) in [6, 6.07) is 0. The molecule has 0 aromatic rings. The summed E-state index contributed by atoms with van der Waals surface area (Å²) in [6.07, 6.45) is 1.86. The SMILES string of the molecule is CCOC(=O)C(C)=C(CC)CC.N. The molecule has 0 aliphatic rings. The highest BCUT2D eigenvalue weighted by atomic mass is 16.5. The van der Waals surface area contributed by atoms with Crippen molar-refractivity contribution in [1.82, 2.24) is 6.15 Å². The summed E-state index contributed by atoms with van der Waals surface area (Å²) in [5.41, 5.74) is 1.97. The van der Waals surface area contributed by atoms with Crippen molar-refractivity contribution in [3.63, 3.8) is 0 Å². The van der Waals surface area contributed by atoms with Crippen LogP contribution in [0.2, 0.25) is 0 Å². The third kappa shape index (κ3) is 4.68. The lowest BCUT2D eigenvalue weighted by molar-refractivity contribution is -0.138. The van der Waals surface area contributed by atoms with Crippen LogP contribution in [0.3, 0.4) is 0 Å². The minimum absolute atomic E-state index is 0. The first-order chi connectivity index (χ1) is 5.67. The van der Waals surface area contributed by atoms with E-state index >= 15 is 0 Å². The molecule has 0 unspecified atom stereocenters. The van der Waals surface area contributed by atoms with E-state index in [1.807, 2.05) is 13.8 Å². The molecule has 0 aliphatic heterocycles. The van der Waals surface area contributed by atoms with E-state index in [2.05, 4.69) is 13.8 Å². The van der Waals surface area contributed by atoms with Gasteiger partial charge in [-0.15, -0.1) is 0 Å². The lowest BCUT2D eigenvalue weighted by atomic mass is 10.1. The van der Waals surface area contributed by atoms with Gasteiger partial charge in [-0.3, -0.25) is 0 Å². The van der Waals surface area contributed by atoms with Crippen LogP contribution in [0.1, 0.15) is 40.5 Å². The molecule has 13 heavy (non-hydrogen) atoms. The summed E-state index contributed by atoms with van der Waals surface area (Å²) >= 11 is 0. The largest absolute Gasteiger partial charge is 0.463 e. The molecule has 3 N–H and O–H groups in total. The van der Waals surface area contributed by atoms with Crippen LogP contribution in [0.25, 0.3) is 0 Å². The molecule has 0 rings (SSSR count). The summed E-state index contributed by atoms with van der Waals surface area (Å²) in [5, 5.41) is 0. The number of esters is 1. The molecule has 0 amide bonds. The van der Waals surface area contributed by atoms with Crippen LogP contribution in [0, 0.1) is 0 Å². The fraction of sp³-hybridized carbons (Fsp3) is 0.700. The Balaban J connectivity index is 0.